The molecule has 1 aromatic carbocycles. The second-order valence-electron chi connectivity index (χ2n) is 3.88. The summed E-state index contributed by atoms with van der Waals surface area (Å²) in [4.78, 5) is 0. The summed E-state index contributed by atoms with van der Waals surface area (Å²) in [7, 11) is 0. The second-order valence-corrected chi connectivity index (χ2v) is 3.88. The molecule has 15 heavy (non-hydrogen) atoms. The van der Waals surface area contributed by atoms with Crippen LogP contribution in [0, 0.1) is 0 Å². The molecule has 1 rings (SSSR count). The van der Waals surface area contributed by atoms with Gasteiger partial charge in [-0.15, -0.1) is 0 Å². The Morgan fingerprint density at radius 2 is 2.00 bits per heavy atom. The van der Waals surface area contributed by atoms with E-state index in [0.717, 1.165) is 25.8 Å². The van der Waals surface area contributed by atoms with Crippen molar-refractivity contribution in [3.8, 4) is 0 Å². The summed E-state index contributed by atoms with van der Waals surface area (Å²) in [6, 6.07) is 10.3. The van der Waals surface area contributed by atoms with E-state index in [9.17, 15) is 5.11 Å². The molecule has 0 saturated carbocycles. The number of aliphatic hydroxyl groups excluding tert-OH is 1. The molecule has 0 aliphatic rings. The van der Waals surface area contributed by atoms with E-state index >= 15 is 0 Å². The maximum Gasteiger partial charge on any atom is 0.0667 e. The normalized spacial score (nSPS) is 12.7. The Kier molecular flexibility index (Phi) is 6.05. The third-order valence-electron chi connectivity index (χ3n) is 2.42. The van der Waals surface area contributed by atoms with E-state index in [4.69, 9.17) is 0 Å². The van der Waals surface area contributed by atoms with Crippen LogP contribution in [0.1, 0.15) is 25.3 Å². The first-order chi connectivity index (χ1) is 7.33. The first-order valence-corrected chi connectivity index (χ1v) is 5.75. The van der Waals surface area contributed by atoms with Gasteiger partial charge in [-0.3, -0.25) is 0 Å². The molecule has 0 spiro atoms. The standard InChI is InChI=1S/C13H21NO/c1-2-10-14-11-13(15)9-8-12-6-4-3-5-7-12/h3-7,13-15H,2,8-11H2,1H3/t13-/m1/s1. The highest BCUT2D eigenvalue weighted by Gasteiger charge is 2.03. The summed E-state index contributed by atoms with van der Waals surface area (Å²) in [6.07, 6.45) is 2.68. The number of hydrogen-bond donors (Lipinski definition) is 2. The summed E-state index contributed by atoms with van der Waals surface area (Å²) in [5.74, 6) is 0. The van der Waals surface area contributed by atoms with Crippen molar-refractivity contribution < 1.29 is 5.11 Å². The number of rotatable bonds is 7. The second kappa shape index (κ2) is 7.43. The van der Waals surface area contributed by atoms with Crippen molar-refractivity contribution in [1.82, 2.24) is 5.32 Å². The van der Waals surface area contributed by atoms with E-state index in [2.05, 4.69) is 24.4 Å². The van der Waals surface area contributed by atoms with Crippen LogP contribution in [-0.2, 0) is 6.42 Å². The quantitative estimate of drug-likeness (QED) is 0.670. The maximum absolute atomic E-state index is 9.67. The van der Waals surface area contributed by atoms with Crippen LogP contribution in [0.2, 0.25) is 0 Å². The summed E-state index contributed by atoms with van der Waals surface area (Å²) in [5, 5.41) is 12.9. The summed E-state index contributed by atoms with van der Waals surface area (Å²) in [6.45, 7) is 3.83. The number of aryl methyl sites for hydroxylation is 1. The zero-order chi connectivity index (χ0) is 10.9. The minimum absolute atomic E-state index is 0.225. The molecular formula is C13H21NO. The number of hydrogen-bond acceptors (Lipinski definition) is 2. The van der Waals surface area contributed by atoms with Crippen LogP contribution < -0.4 is 5.32 Å². The van der Waals surface area contributed by atoms with Gasteiger partial charge in [0.2, 0.25) is 0 Å². The molecule has 0 aliphatic heterocycles. The van der Waals surface area contributed by atoms with Gasteiger partial charge >= 0.3 is 0 Å². The van der Waals surface area contributed by atoms with Crippen molar-refractivity contribution in [2.75, 3.05) is 13.1 Å². The highest BCUT2D eigenvalue weighted by atomic mass is 16.3. The molecular weight excluding hydrogens is 186 g/mol. The molecule has 1 aromatic rings. The zero-order valence-corrected chi connectivity index (χ0v) is 9.45. The Morgan fingerprint density at radius 1 is 1.27 bits per heavy atom. The Morgan fingerprint density at radius 3 is 2.67 bits per heavy atom. The van der Waals surface area contributed by atoms with Crippen molar-refractivity contribution in [2.24, 2.45) is 0 Å². The first kappa shape index (κ1) is 12.2. The predicted octanol–water partition coefficient (Wildman–Crippen LogP) is 1.98. The Balaban J connectivity index is 2.14. The molecule has 0 saturated heterocycles. The van der Waals surface area contributed by atoms with E-state index in [1.165, 1.54) is 5.56 Å². The average Bonchev–Trinajstić information content (AvgIpc) is 2.28. The van der Waals surface area contributed by atoms with Crippen LogP contribution in [0.5, 0.6) is 0 Å². The summed E-state index contributed by atoms with van der Waals surface area (Å²) in [5.41, 5.74) is 1.30. The van der Waals surface area contributed by atoms with Gasteiger partial charge in [0.15, 0.2) is 0 Å². The van der Waals surface area contributed by atoms with Crippen LogP contribution in [0.25, 0.3) is 0 Å². The lowest BCUT2D eigenvalue weighted by Crippen LogP contribution is -2.27. The third-order valence-corrected chi connectivity index (χ3v) is 2.42. The van der Waals surface area contributed by atoms with E-state index in [0.29, 0.717) is 6.54 Å². The molecule has 2 heteroatoms. The van der Waals surface area contributed by atoms with Crippen LogP contribution in [0.3, 0.4) is 0 Å². The third kappa shape index (κ3) is 5.55. The molecule has 0 radical (unpaired) electrons. The smallest absolute Gasteiger partial charge is 0.0667 e. The lowest BCUT2D eigenvalue weighted by molar-refractivity contribution is 0.162. The SMILES string of the molecule is CCCNC[C@H](O)CCc1ccccc1. The van der Waals surface area contributed by atoms with E-state index in [1.807, 2.05) is 18.2 Å². The highest BCUT2D eigenvalue weighted by Crippen LogP contribution is 2.04. The fraction of sp³-hybridized carbons (Fsp3) is 0.538. The fourth-order valence-electron chi connectivity index (χ4n) is 1.53. The molecule has 1 atom stereocenters. The minimum Gasteiger partial charge on any atom is -0.392 e. The first-order valence-electron chi connectivity index (χ1n) is 5.75. The Bertz CT molecular complexity index is 248. The summed E-state index contributed by atoms with van der Waals surface area (Å²) >= 11 is 0. The molecule has 0 heterocycles. The van der Waals surface area contributed by atoms with Crippen molar-refractivity contribution in [2.45, 2.75) is 32.3 Å². The van der Waals surface area contributed by atoms with E-state index < -0.39 is 0 Å². The highest BCUT2D eigenvalue weighted by molar-refractivity contribution is 5.14. The van der Waals surface area contributed by atoms with Crippen LogP contribution >= 0.6 is 0 Å². The van der Waals surface area contributed by atoms with Crippen LogP contribution in [-0.4, -0.2) is 24.3 Å². The van der Waals surface area contributed by atoms with Gasteiger partial charge in [-0.05, 0) is 31.4 Å². The van der Waals surface area contributed by atoms with Gasteiger partial charge < -0.3 is 10.4 Å². The lowest BCUT2D eigenvalue weighted by atomic mass is 10.1. The van der Waals surface area contributed by atoms with Crippen LogP contribution in [0.15, 0.2) is 30.3 Å². The van der Waals surface area contributed by atoms with Gasteiger partial charge in [-0.25, -0.2) is 0 Å². The van der Waals surface area contributed by atoms with Crippen molar-refractivity contribution in [3.05, 3.63) is 35.9 Å². The number of aliphatic hydroxyl groups is 1. The molecule has 0 unspecified atom stereocenters. The Labute approximate surface area is 92.3 Å². The molecule has 84 valence electrons. The van der Waals surface area contributed by atoms with Gasteiger partial charge in [0.1, 0.15) is 0 Å². The van der Waals surface area contributed by atoms with Gasteiger partial charge in [-0.2, -0.15) is 0 Å². The van der Waals surface area contributed by atoms with Gasteiger partial charge in [0, 0.05) is 6.54 Å². The van der Waals surface area contributed by atoms with E-state index in [1.54, 1.807) is 0 Å². The average molecular weight is 207 g/mol. The Hall–Kier alpha value is -0.860. The fourth-order valence-corrected chi connectivity index (χ4v) is 1.53. The summed E-state index contributed by atoms with van der Waals surface area (Å²) < 4.78 is 0. The van der Waals surface area contributed by atoms with Gasteiger partial charge in [0.05, 0.1) is 6.10 Å². The minimum atomic E-state index is -0.225. The van der Waals surface area contributed by atoms with Gasteiger partial charge in [0.25, 0.3) is 0 Å². The largest absolute Gasteiger partial charge is 0.392 e. The number of benzene rings is 1. The molecule has 0 amide bonds. The zero-order valence-electron chi connectivity index (χ0n) is 9.45. The maximum atomic E-state index is 9.67. The molecule has 0 aliphatic carbocycles. The van der Waals surface area contributed by atoms with Crippen molar-refractivity contribution >= 4 is 0 Å². The molecule has 2 N–H and O–H groups in total. The van der Waals surface area contributed by atoms with E-state index in [-0.39, 0.29) is 6.10 Å². The monoisotopic (exact) mass is 207 g/mol. The van der Waals surface area contributed by atoms with Crippen LogP contribution in [0.4, 0.5) is 0 Å². The topological polar surface area (TPSA) is 32.3 Å². The van der Waals surface area contributed by atoms with Gasteiger partial charge in [-0.1, -0.05) is 37.3 Å². The van der Waals surface area contributed by atoms with Crippen molar-refractivity contribution in [3.63, 3.8) is 0 Å². The number of nitrogens with one attached hydrogen (secondary N) is 1. The lowest BCUT2D eigenvalue weighted by Gasteiger charge is -2.11. The van der Waals surface area contributed by atoms with Crippen molar-refractivity contribution in [1.29, 1.82) is 0 Å². The predicted molar refractivity (Wildman–Crippen MR) is 63.9 cm³/mol. The molecule has 0 bridgehead atoms. The molecule has 0 fully saturated rings. The molecule has 2 nitrogen and oxygen atoms in total. The molecule has 0 aromatic heterocycles.